The van der Waals surface area contributed by atoms with Crippen molar-refractivity contribution in [2.24, 2.45) is 0 Å². The fourth-order valence-electron chi connectivity index (χ4n) is 3.43. The van der Waals surface area contributed by atoms with Gasteiger partial charge in [-0.15, -0.1) is 0 Å². The van der Waals surface area contributed by atoms with E-state index in [1.807, 2.05) is 19.2 Å². The van der Waals surface area contributed by atoms with Gasteiger partial charge in [0.2, 0.25) is 0 Å². The first-order valence-electron chi connectivity index (χ1n) is 9.52. The zero-order valence-corrected chi connectivity index (χ0v) is 17.8. The van der Waals surface area contributed by atoms with E-state index in [0.717, 1.165) is 54.1 Å². The summed E-state index contributed by atoms with van der Waals surface area (Å²) in [5.41, 5.74) is 2.99. The lowest BCUT2D eigenvalue weighted by molar-refractivity contribution is 0.284. The van der Waals surface area contributed by atoms with Crippen LogP contribution in [-0.4, -0.2) is 57.4 Å². The molecule has 0 radical (unpaired) electrons. The van der Waals surface area contributed by atoms with Crippen LogP contribution in [0.4, 0.5) is 10.1 Å². The van der Waals surface area contributed by atoms with E-state index in [4.69, 9.17) is 0 Å². The SMILES string of the molecule is Cc1c(/C=C/CN2CCN(c3cc(F)cc(Br)c3)CC2)cnn1-c1ncccn1. The van der Waals surface area contributed by atoms with Crippen LogP contribution in [0.2, 0.25) is 0 Å². The molecule has 0 N–H and O–H groups in total. The van der Waals surface area contributed by atoms with E-state index >= 15 is 0 Å². The largest absolute Gasteiger partial charge is 0.369 e. The lowest BCUT2D eigenvalue weighted by atomic mass is 10.2. The molecule has 0 bridgehead atoms. The van der Waals surface area contributed by atoms with Gasteiger partial charge in [0.25, 0.3) is 5.95 Å². The molecule has 0 atom stereocenters. The van der Waals surface area contributed by atoms with Crippen LogP contribution in [0, 0.1) is 12.7 Å². The first kappa shape index (κ1) is 19.7. The van der Waals surface area contributed by atoms with Crippen LogP contribution in [0.25, 0.3) is 12.0 Å². The molecule has 29 heavy (non-hydrogen) atoms. The highest BCUT2D eigenvalue weighted by atomic mass is 79.9. The summed E-state index contributed by atoms with van der Waals surface area (Å²) < 4.78 is 16.2. The number of nitrogens with zero attached hydrogens (tertiary/aromatic N) is 6. The topological polar surface area (TPSA) is 50.1 Å². The number of rotatable bonds is 5. The third kappa shape index (κ3) is 4.71. The van der Waals surface area contributed by atoms with Gasteiger partial charge in [-0.25, -0.2) is 19.0 Å². The van der Waals surface area contributed by atoms with Crippen molar-refractivity contribution in [3.63, 3.8) is 0 Å². The van der Waals surface area contributed by atoms with Crippen molar-refractivity contribution >= 4 is 27.7 Å². The molecule has 1 fully saturated rings. The van der Waals surface area contributed by atoms with Gasteiger partial charge >= 0.3 is 0 Å². The molecular formula is C21H22BrFN6. The average Bonchev–Trinajstić information content (AvgIpc) is 3.09. The van der Waals surface area contributed by atoms with Crippen LogP contribution in [0.3, 0.4) is 0 Å². The Balaban J connectivity index is 1.33. The molecular weight excluding hydrogens is 435 g/mol. The molecule has 4 rings (SSSR count). The number of anilines is 1. The number of hydrogen-bond acceptors (Lipinski definition) is 5. The van der Waals surface area contributed by atoms with Crippen LogP contribution in [-0.2, 0) is 0 Å². The van der Waals surface area contributed by atoms with Gasteiger partial charge in [-0.3, -0.25) is 4.90 Å². The molecule has 150 valence electrons. The average molecular weight is 457 g/mol. The number of benzene rings is 1. The monoisotopic (exact) mass is 456 g/mol. The van der Waals surface area contributed by atoms with Gasteiger partial charge < -0.3 is 4.90 Å². The molecule has 0 unspecified atom stereocenters. The molecule has 0 amide bonds. The number of hydrogen-bond donors (Lipinski definition) is 0. The highest BCUT2D eigenvalue weighted by molar-refractivity contribution is 9.10. The summed E-state index contributed by atoms with van der Waals surface area (Å²) >= 11 is 3.37. The third-order valence-corrected chi connectivity index (χ3v) is 5.49. The lowest BCUT2D eigenvalue weighted by Crippen LogP contribution is -2.46. The molecule has 1 aliphatic rings. The predicted octanol–water partition coefficient (Wildman–Crippen LogP) is 3.71. The second kappa shape index (κ2) is 8.84. The lowest BCUT2D eigenvalue weighted by Gasteiger charge is -2.35. The number of piperazine rings is 1. The summed E-state index contributed by atoms with van der Waals surface area (Å²) in [5, 5.41) is 4.39. The number of aromatic nitrogens is 4. The van der Waals surface area contributed by atoms with Gasteiger partial charge in [-0.1, -0.05) is 28.1 Å². The molecule has 0 aliphatic carbocycles. The maximum atomic E-state index is 13.6. The molecule has 0 saturated carbocycles. The van der Waals surface area contributed by atoms with Crippen molar-refractivity contribution in [2.75, 3.05) is 37.6 Å². The van der Waals surface area contributed by atoms with Crippen LogP contribution in [0.5, 0.6) is 0 Å². The van der Waals surface area contributed by atoms with Gasteiger partial charge in [0.1, 0.15) is 5.82 Å². The standard InChI is InChI=1S/C21H22BrFN6/c1-16-17(15-26-29(16)21-24-5-3-6-25-21)4-2-7-27-8-10-28(11-9-27)20-13-18(22)12-19(23)14-20/h2-6,12-15H,7-11H2,1H3/b4-2+. The molecule has 1 saturated heterocycles. The van der Waals surface area contributed by atoms with E-state index in [0.29, 0.717) is 5.95 Å². The van der Waals surface area contributed by atoms with Gasteiger partial charge in [-0.2, -0.15) is 5.10 Å². The van der Waals surface area contributed by atoms with Crippen molar-refractivity contribution in [1.29, 1.82) is 0 Å². The minimum absolute atomic E-state index is 0.212. The Hall–Kier alpha value is -2.58. The van der Waals surface area contributed by atoms with E-state index in [-0.39, 0.29) is 5.82 Å². The first-order valence-corrected chi connectivity index (χ1v) is 10.3. The van der Waals surface area contributed by atoms with E-state index in [2.05, 4.69) is 52.9 Å². The van der Waals surface area contributed by atoms with Gasteiger partial charge in [0, 0.05) is 60.8 Å². The van der Waals surface area contributed by atoms with E-state index in [1.165, 1.54) is 6.07 Å². The molecule has 2 aromatic heterocycles. The zero-order valence-electron chi connectivity index (χ0n) is 16.2. The summed E-state index contributed by atoms with van der Waals surface area (Å²) in [5.74, 6) is 0.362. The minimum atomic E-state index is -0.212. The van der Waals surface area contributed by atoms with Gasteiger partial charge in [0.15, 0.2) is 0 Å². The molecule has 8 heteroatoms. The second-order valence-corrected chi connectivity index (χ2v) is 7.88. The van der Waals surface area contributed by atoms with E-state index < -0.39 is 0 Å². The zero-order chi connectivity index (χ0) is 20.2. The van der Waals surface area contributed by atoms with E-state index in [9.17, 15) is 4.39 Å². The highest BCUT2D eigenvalue weighted by Crippen LogP contribution is 2.23. The van der Waals surface area contributed by atoms with Gasteiger partial charge in [-0.05, 0) is 31.2 Å². The Kier molecular flexibility index (Phi) is 6.01. The molecule has 3 aromatic rings. The summed E-state index contributed by atoms with van der Waals surface area (Å²) in [7, 11) is 0. The van der Waals surface area contributed by atoms with Crippen molar-refractivity contribution in [1.82, 2.24) is 24.6 Å². The Morgan fingerprint density at radius 3 is 2.59 bits per heavy atom. The van der Waals surface area contributed by atoms with Crippen molar-refractivity contribution in [3.05, 3.63) is 70.5 Å². The maximum Gasteiger partial charge on any atom is 0.250 e. The summed E-state index contributed by atoms with van der Waals surface area (Å²) in [6.07, 6.45) is 9.51. The second-order valence-electron chi connectivity index (χ2n) is 6.96. The fraction of sp³-hybridized carbons (Fsp3) is 0.286. The Morgan fingerprint density at radius 1 is 1.10 bits per heavy atom. The van der Waals surface area contributed by atoms with Crippen molar-refractivity contribution in [3.8, 4) is 5.95 Å². The van der Waals surface area contributed by atoms with Crippen molar-refractivity contribution < 1.29 is 4.39 Å². The summed E-state index contributed by atoms with van der Waals surface area (Å²) in [6, 6.07) is 6.83. The van der Waals surface area contributed by atoms with Crippen LogP contribution < -0.4 is 4.90 Å². The molecule has 1 aromatic carbocycles. The third-order valence-electron chi connectivity index (χ3n) is 5.04. The van der Waals surface area contributed by atoms with Crippen molar-refractivity contribution in [2.45, 2.75) is 6.92 Å². The van der Waals surface area contributed by atoms with Crippen LogP contribution in [0.1, 0.15) is 11.3 Å². The minimum Gasteiger partial charge on any atom is -0.369 e. The summed E-state index contributed by atoms with van der Waals surface area (Å²) in [4.78, 5) is 13.1. The van der Waals surface area contributed by atoms with Crippen LogP contribution >= 0.6 is 15.9 Å². The first-order chi connectivity index (χ1) is 14.1. The Labute approximate surface area is 177 Å². The predicted molar refractivity (Wildman–Crippen MR) is 116 cm³/mol. The molecule has 0 spiro atoms. The van der Waals surface area contributed by atoms with Crippen LogP contribution in [0.15, 0.2) is 53.4 Å². The van der Waals surface area contributed by atoms with Gasteiger partial charge in [0.05, 0.1) is 11.9 Å². The maximum absolute atomic E-state index is 13.6. The van der Waals surface area contributed by atoms with E-state index in [1.54, 1.807) is 29.2 Å². The number of halogens is 2. The smallest absolute Gasteiger partial charge is 0.250 e. The quantitative estimate of drug-likeness (QED) is 0.585. The molecule has 1 aliphatic heterocycles. The fourth-order valence-corrected chi connectivity index (χ4v) is 3.88. The summed E-state index contributed by atoms with van der Waals surface area (Å²) in [6.45, 7) is 6.52. The molecule has 3 heterocycles. The molecule has 6 nitrogen and oxygen atoms in total. The Bertz CT molecular complexity index is 975. The highest BCUT2D eigenvalue weighted by Gasteiger charge is 2.17. The normalized spacial score (nSPS) is 15.3. The Morgan fingerprint density at radius 2 is 1.86 bits per heavy atom.